The predicted molar refractivity (Wildman–Crippen MR) is 81.2 cm³/mol. The number of ether oxygens (including phenoxy) is 1. The van der Waals surface area contributed by atoms with E-state index < -0.39 is 40.7 Å². The van der Waals surface area contributed by atoms with E-state index in [0.29, 0.717) is 12.1 Å². The van der Waals surface area contributed by atoms with Crippen LogP contribution in [-0.4, -0.2) is 23.0 Å². The summed E-state index contributed by atoms with van der Waals surface area (Å²) in [4.78, 5) is 18.6. The van der Waals surface area contributed by atoms with Crippen LogP contribution in [0.2, 0.25) is 0 Å². The fourth-order valence-corrected chi connectivity index (χ4v) is 2.33. The fraction of sp³-hybridized carbons (Fsp3) is 0.118. The third kappa shape index (κ3) is 3.19. The van der Waals surface area contributed by atoms with Crippen LogP contribution in [0.5, 0.6) is 0 Å². The van der Waals surface area contributed by atoms with Gasteiger partial charge in [0.25, 0.3) is 0 Å². The molecule has 0 radical (unpaired) electrons. The molecule has 0 spiro atoms. The molecule has 0 aliphatic carbocycles. The van der Waals surface area contributed by atoms with E-state index in [-0.39, 0.29) is 16.6 Å². The second-order valence-electron chi connectivity index (χ2n) is 5.24. The van der Waals surface area contributed by atoms with Crippen molar-refractivity contribution in [2.24, 2.45) is 0 Å². The highest BCUT2D eigenvalue weighted by Gasteiger charge is 2.37. The minimum atomic E-state index is -4.87. The molecule has 0 unspecified atom stereocenters. The number of carbonyl (C=O) groups is 1. The van der Waals surface area contributed by atoms with Gasteiger partial charge in [0.2, 0.25) is 0 Å². The first-order valence-corrected chi connectivity index (χ1v) is 7.13. The summed E-state index contributed by atoms with van der Waals surface area (Å²) in [7, 11) is 1.17. The Kier molecular flexibility index (Phi) is 4.31. The Balaban J connectivity index is 2.23. The lowest BCUT2D eigenvalue weighted by molar-refractivity contribution is -0.140. The zero-order chi connectivity index (χ0) is 19.1. The van der Waals surface area contributed by atoms with Gasteiger partial charge in [-0.3, -0.25) is 0 Å². The van der Waals surface area contributed by atoms with Crippen molar-refractivity contribution < 1.29 is 31.5 Å². The Morgan fingerprint density at radius 3 is 2.00 bits per heavy atom. The van der Waals surface area contributed by atoms with Gasteiger partial charge in [-0.15, -0.1) is 0 Å². The molecular formula is C17H9F5N2O2. The Bertz CT molecular complexity index is 1000. The van der Waals surface area contributed by atoms with Crippen LogP contribution in [0.3, 0.4) is 0 Å². The highest BCUT2D eigenvalue weighted by molar-refractivity contribution is 5.90. The molecule has 3 rings (SSSR count). The van der Waals surface area contributed by atoms with E-state index in [0.717, 1.165) is 0 Å². The second kappa shape index (κ2) is 6.32. The standard InChI is InChI=1S/C17H9F5N2O2/c1-26-16(25)9-4-2-8(3-5-9)14-15(17(20,21)22)24-13-7-11(19)10(18)6-12(13)23-14/h2-7H,1H3. The molecule has 1 heterocycles. The van der Waals surface area contributed by atoms with E-state index >= 15 is 0 Å². The topological polar surface area (TPSA) is 52.1 Å². The van der Waals surface area contributed by atoms with Crippen LogP contribution < -0.4 is 0 Å². The molecule has 26 heavy (non-hydrogen) atoms. The average molecular weight is 368 g/mol. The maximum atomic E-state index is 13.4. The number of fused-ring (bicyclic) bond motifs is 1. The maximum Gasteiger partial charge on any atom is 0.435 e. The van der Waals surface area contributed by atoms with E-state index in [4.69, 9.17) is 0 Å². The number of methoxy groups -OCH3 is 1. The van der Waals surface area contributed by atoms with Gasteiger partial charge < -0.3 is 4.74 Å². The summed E-state index contributed by atoms with van der Waals surface area (Å²) in [6, 6.07) is 6.21. The molecule has 0 aliphatic rings. The van der Waals surface area contributed by atoms with Gasteiger partial charge in [-0.1, -0.05) is 12.1 Å². The molecule has 0 saturated carbocycles. The van der Waals surface area contributed by atoms with Crippen molar-refractivity contribution in [3.63, 3.8) is 0 Å². The molecule has 0 bridgehead atoms. The fourth-order valence-electron chi connectivity index (χ4n) is 2.33. The van der Waals surface area contributed by atoms with E-state index in [1.54, 1.807) is 0 Å². The van der Waals surface area contributed by atoms with Crippen LogP contribution in [0, 0.1) is 11.6 Å². The third-order valence-electron chi connectivity index (χ3n) is 3.55. The van der Waals surface area contributed by atoms with E-state index in [1.165, 1.54) is 31.4 Å². The lowest BCUT2D eigenvalue weighted by Gasteiger charge is -2.13. The SMILES string of the molecule is COC(=O)c1ccc(-c2nc3cc(F)c(F)cc3nc2C(F)(F)F)cc1. The number of hydrogen-bond donors (Lipinski definition) is 0. The monoisotopic (exact) mass is 368 g/mol. The molecule has 0 aliphatic heterocycles. The molecule has 134 valence electrons. The van der Waals surface area contributed by atoms with Crippen molar-refractivity contribution in [1.29, 1.82) is 0 Å². The number of esters is 1. The molecule has 2 aromatic carbocycles. The van der Waals surface area contributed by atoms with Crippen molar-refractivity contribution in [2.75, 3.05) is 7.11 Å². The van der Waals surface area contributed by atoms with Gasteiger partial charge in [0, 0.05) is 17.7 Å². The van der Waals surface area contributed by atoms with Crippen LogP contribution in [-0.2, 0) is 10.9 Å². The highest BCUT2D eigenvalue weighted by Crippen LogP contribution is 2.36. The molecule has 1 aromatic heterocycles. The molecule has 3 aromatic rings. The van der Waals surface area contributed by atoms with Gasteiger partial charge in [-0.25, -0.2) is 23.5 Å². The highest BCUT2D eigenvalue weighted by atomic mass is 19.4. The summed E-state index contributed by atoms with van der Waals surface area (Å²) < 4.78 is 71.3. The smallest absolute Gasteiger partial charge is 0.435 e. The number of nitrogens with zero attached hydrogens (tertiary/aromatic N) is 2. The summed E-state index contributed by atoms with van der Waals surface area (Å²) >= 11 is 0. The van der Waals surface area contributed by atoms with Crippen LogP contribution in [0.15, 0.2) is 36.4 Å². The van der Waals surface area contributed by atoms with Gasteiger partial charge in [-0.2, -0.15) is 13.2 Å². The van der Waals surface area contributed by atoms with Crippen LogP contribution in [0.25, 0.3) is 22.3 Å². The largest absolute Gasteiger partial charge is 0.465 e. The number of alkyl halides is 3. The number of benzene rings is 2. The molecule has 4 nitrogen and oxygen atoms in total. The van der Waals surface area contributed by atoms with Gasteiger partial charge >= 0.3 is 12.1 Å². The third-order valence-corrected chi connectivity index (χ3v) is 3.55. The van der Waals surface area contributed by atoms with Crippen LogP contribution >= 0.6 is 0 Å². The summed E-state index contributed by atoms with van der Waals surface area (Å²) in [5, 5.41) is 0. The van der Waals surface area contributed by atoms with Gasteiger partial charge in [-0.05, 0) is 12.1 Å². The summed E-state index contributed by atoms with van der Waals surface area (Å²) in [6.45, 7) is 0. The summed E-state index contributed by atoms with van der Waals surface area (Å²) in [5.74, 6) is -3.23. The van der Waals surface area contributed by atoms with Crippen molar-refractivity contribution >= 4 is 17.0 Å². The van der Waals surface area contributed by atoms with Crippen LogP contribution in [0.4, 0.5) is 22.0 Å². The number of aromatic nitrogens is 2. The van der Waals surface area contributed by atoms with Crippen molar-refractivity contribution in [3.05, 3.63) is 59.3 Å². The Morgan fingerprint density at radius 2 is 1.50 bits per heavy atom. The van der Waals surface area contributed by atoms with E-state index in [2.05, 4.69) is 14.7 Å². The minimum Gasteiger partial charge on any atom is -0.465 e. The first-order valence-electron chi connectivity index (χ1n) is 7.13. The van der Waals surface area contributed by atoms with Crippen molar-refractivity contribution in [2.45, 2.75) is 6.18 Å². The molecular weight excluding hydrogens is 359 g/mol. The second-order valence-corrected chi connectivity index (χ2v) is 5.24. The Morgan fingerprint density at radius 1 is 0.962 bits per heavy atom. The number of hydrogen-bond acceptors (Lipinski definition) is 4. The zero-order valence-electron chi connectivity index (χ0n) is 13.1. The number of halogens is 5. The normalized spacial score (nSPS) is 11.6. The molecule has 0 atom stereocenters. The molecule has 0 N–H and O–H groups in total. The molecule has 0 fully saturated rings. The van der Waals surface area contributed by atoms with Gasteiger partial charge in [0.05, 0.1) is 23.7 Å². The zero-order valence-corrected chi connectivity index (χ0v) is 13.1. The number of carbonyl (C=O) groups excluding carboxylic acids is 1. The molecule has 0 amide bonds. The average Bonchev–Trinajstić information content (AvgIpc) is 2.60. The number of rotatable bonds is 2. The van der Waals surface area contributed by atoms with Gasteiger partial charge in [0.15, 0.2) is 17.3 Å². The maximum absolute atomic E-state index is 13.4. The first-order chi connectivity index (χ1) is 12.2. The van der Waals surface area contributed by atoms with Crippen molar-refractivity contribution in [1.82, 2.24) is 9.97 Å². The summed E-state index contributed by atoms with van der Waals surface area (Å²) in [6.07, 6.45) is -4.87. The van der Waals surface area contributed by atoms with Crippen molar-refractivity contribution in [3.8, 4) is 11.3 Å². The Hall–Kier alpha value is -3.10. The minimum absolute atomic E-state index is 0.00381. The molecule has 9 heteroatoms. The lowest BCUT2D eigenvalue weighted by Crippen LogP contribution is -2.12. The lowest BCUT2D eigenvalue weighted by atomic mass is 10.1. The predicted octanol–water partition coefficient (Wildman–Crippen LogP) is 4.38. The van der Waals surface area contributed by atoms with Gasteiger partial charge in [0.1, 0.15) is 5.69 Å². The van der Waals surface area contributed by atoms with Crippen LogP contribution in [0.1, 0.15) is 16.1 Å². The Labute approximate surface area is 143 Å². The summed E-state index contributed by atoms with van der Waals surface area (Å²) in [5.41, 5.74) is -2.43. The quantitative estimate of drug-likeness (QED) is 0.498. The van der Waals surface area contributed by atoms with E-state index in [9.17, 15) is 26.7 Å². The van der Waals surface area contributed by atoms with E-state index in [1.807, 2.05) is 0 Å². The molecule has 0 saturated heterocycles. The first kappa shape index (κ1) is 17.7.